The number of aliphatic hydroxyl groups is 1. The number of methoxy groups -OCH3 is 1. The topological polar surface area (TPSA) is 84.6 Å². The smallest absolute Gasteiger partial charge is 0.237 e. The highest BCUT2D eigenvalue weighted by atomic mass is 16.5. The van der Waals surface area contributed by atoms with Crippen molar-refractivity contribution >= 4 is 5.91 Å². The monoisotopic (exact) mass is 190 g/mol. The highest BCUT2D eigenvalue weighted by Gasteiger charge is 2.12. The molecule has 0 saturated carbocycles. The molecule has 1 unspecified atom stereocenters. The number of nitrogens with two attached hydrogens (primary N) is 1. The Morgan fingerprint density at radius 1 is 1.69 bits per heavy atom. The molecule has 0 saturated heterocycles. The highest BCUT2D eigenvalue weighted by Crippen LogP contribution is 1.88. The Kier molecular flexibility index (Phi) is 6.48. The summed E-state index contributed by atoms with van der Waals surface area (Å²) < 4.78 is 4.78. The Bertz CT molecular complexity index is 150. The van der Waals surface area contributed by atoms with Crippen LogP contribution in [0.3, 0.4) is 0 Å². The van der Waals surface area contributed by atoms with Gasteiger partial charge in [-0.2, -0.15) is 0 Å². The first-order valence-electron chi connectivity index (χ1n) is 4.28. The first kappa shape index (κ1) is 12.3. The first-order chi connectivity index (χ1) is 6.07. The number of amides is 1. The molecule has 0 aliphatic carbocycles. The van der Waals surface area contributed by atoms with E-state index in [-0.39, 0.29) is 12.5 Å². The number of ether oxygens (including phenoxy) is 1. The van der Waals surface area contributed by atoms with Gasteiger partial charge < -0.3 is 20.9 Å². The van der Waals surface area contributed by atoms with Gasteiger partial charge in [-0.3, -0.25) is 4.79 Å². The van der Waals surface area contributed by atoms with Gasteiger partial charge in [-0.05, 0) is 13.3 Å². The van der Waals surface area contributed by atoms with E-state index in [0.717, 1.165) is 0 Å². The van der Waals surface area contributed by atoms with E-state index in [4.69, 9.17) is 15.6 Å². The average Bonchev–Trinajstić information content (AvgIpc) is 2.10. The van der Waals surface area contributed by atoms with Crippen molar-refractivity contribution in [3.05, 3.63) is 0 Å². The quantitative estimate of drug-likeness (QED) is 0.493. The van der Waals surface area contributed by atoms with E-state index in [9.17, 15) is 4.79 Å². The van der Waals surface area contributed by atoms with Gasteiger partial charge in [0, 0.05) is 20.3 Å². The van der Waals surface area contributed by atoms with Crippen molar-refractivity contribution in [2.24, 2.45) is 5.73 Å². The minimum Gasteiger partial charge on any atom is -0.392 e. The maximum atomic E-state index is 11.2. The van der Waals surface area contributed by atoms with Gasteiger partial charge in [0.1, 0.15) is 0 Å². The summed E-state index contributed by atoms with van der Waals surface area (Å²) in [6, 6.07) is -0.557. The van der Waals surface area contributed by atoms with Crippen molar-refractivity contribution in [2.45, 2.75) is 25.5 Å². The molecule has 0 radical (unpaired) electrons. The Morgan fingerprint density at radius 2 is 2.31 bits per heavy atom. The van der Waals surface area contributed by atoms with Crippen LogP contribution in [0.1, 0.15) is 13.3 Å². The molecular weight excluding hydrogens is 172 g/mol. The highest BCUT2D eigenvalue weighted by molar-refractivity contribution is 5.81. The molecular formula is C8H18N2O3. The molecule has 13 heavy (non-hydrogen) atoms. The van der Waals surface area contributed by atoms with Crippen LogP contribution in [0.5, 0.6) is 0 Å². The SMILES string of the molecule is COCCC(N)C(=O)NC[C@@H](C)O. The molecule has 0 aromatic heterocycles. The summed E-state index contributed by atoms with van der Waals surface area (Å²) in [5.41, 5.74) is 5.52. The molecule has 5 heteroatoms. The maximum absolute atomic E-state index is 11.2. The van der Waals surface area contributed by atoms with Crippen LogP contribution in [0, 0.1) is 0 Å². The van der Waals surface area contributed by atoms with E-state index in [2.05, 4.69) is 5.32 Å². The van der Waals surface area contributed by atoms with Gasteiger partial charge in [-0.15, -0.1) is 0 Å². The lowest BCUT2D eigenvalue weighted by Gasteiger charge is -2.12. The number of nitrogens with one attached hydrogen (secondary N) is 1. The molecule has 0 aromatic rings. The molecule has 0 aliphatic heterocycles. The summed E-state index contributed by atoms with van der Waals surface area (Å²) >= 11 is 0. The standard InChI is InChI=1S/C8H18N2O3/c1-6(11)5-10-8(12)7(9)3-4-13-2/h6-7,11H,3-5,9H2,1-2H3,(H,10,12)/t6-,7?/m1/s1. The molecule has 2 atom stereocenters. The van der Waals surface area contributed by atoms with E-state index in [0.29, 0.717) is 13.0 Å². The van der Waals surface area contributed by atoms with Gasteiger partial charge in [-0.25, -0.2) is 0 Å². The fourth-order valence-corrected chi connectivity index (χ4v) is 0.755. The average molecular weight is 190 g/mol. The van der Waals surface area contributed by atoms with Crippen molar-refractivity contribution in [1.29, 1.82) is 0 Å². The van der Waals surface area contributed by atoms with Gasteiger partial charge >= 0.3 is 0 Å². The van der Waals surface area contributed by atoms with Crippen molar-refractivity contribution in [2.75, 3.05) is 20.3 Å². The fraction of sp³-hybridized carbons (Fsp3) is 0.875. The van der Waals surface area contributed by atoms with Crippen molar-refractivity contribution < 1.29 is 14.6 Å². The first-order valence-corrected chi connectivity index (χ1v) is 4.28. The third kappa shape index (κ3) is 6.51. The van der Waals surface area contributed by atoms with Gasteiger partial charge in [0.25, 0.3) is 0 Å². The Hall–Kier alpha value is -0.650. The second-order valence-corrected chi connectivity index (χ2v) is 2.98. The Labute approximate surface area is 78.3 Å². The van der Waals surface area contributed by atoms with Crippen LogP contribution in [0.4, 0.5) is 0 Å². The molecule has 1 amide bonds. The number of carbonyl (C=O) groups excluding carboxylic acids is 1. The third-order valence-corrected chi connectivity index (χ3v) is 1.54. The minimum absolute atomic E-state index is 0.236. The number of carbonyl (C=O) groups is 1. The minimum atomic E-state index is -0.557. The second-order valence-electron chi connectivity index (χ2n) is 2.98. The number of aliphatic hydroxyl groups excluding tert-OH is 1. The molecule has 4 N–H and O–H groups in total. The normalized spacial score (nSPS) is 15.1. The summed E-state index contributed by atoms with van der Waals surface area (Å²) in [4.78, 5) is 11.2. The van der Waals surface area contributed by atoms with Crippen LogP contribution in [-0.2, 0) is 9.53 Å². The molecule has 0 aliphatic rings. The zero-order chi connectivity index (χ0) is 10.3. The summed E-state index contributed by atoms with van der Waals surface area (Å²) in [5, 5.41) is 11.4. The number of rotatable bonds is 6. The van der Waals surface area contributed by atoms with E-state index >= 15 is 0 Å². The van der Waals surface area contributed by atoms with Crippen molar-refractivity contribution in [3.63, 3.8) is 0 Å². The van der Waals surface area contributed by atoms with Gasteiger partial charge in [-0.1, -0.05) is 0 Å². The Morgan fingerprint density at radius 3 is 2.77 bits per heavy atom. The lowest BCUT2D eigenvalue weighted by atomic mass is 10.2. The number of hydrogen-bond donors (Lipinski definition) is 3. The van der Waals surface area contributed by atoms with Gasteiger partial charge in [0.15, 0.2) is 0 Å². The number of hydrogen-bond acceptors (Lipinski definition) is 4. The van der Waals surface area contributed by atoms with E-state index in [1.54, 1.807) is 14.0 Å². The summed E-state index contributed by atoms with van der Waals surface area (Å²) in [5.74, 6) is -0.252. The predicted molar refractivity (Wildman–Crippen MR) is 49.2 cm³/mol. The van der Waals surface area contributed by atoms with Crippen molar-refractivity contribution in [3.8, 4) is 0 Å². The van der Waals surface area contributed by atoms with E-state index in [1.165, 1.54) is 0 Å². The van der Waals surface area contributed by atoms with E-state index in [1.807, 2.05) is 0 Å². The van der Waals surface area contributed by atoms with Crippen LogP contribution in [-0.4, -0.2) is 43.4 Å². The molecule has 0 heterocycles. The lowest BCUT2D eigenvalue weighted by Crippen LogP contribution is -2.43. The van der Waals surface area contributed by atoms with Crippen LogP contribution in [0.2, 0.25) is 0 Å². The Balaban J connectivity index is 3.57. The molecule has 0 rings (SSSR count). The summed E-state index contributed by atoms with van der Waals surface area (Å²) in [7, 11) is 1.56. The zero-order valence-electron chi connectivity index (χ0n) is 8.12. The second kappa shape index (κ2) is 6.82. The van der Waals surface area contributed by atoms with Crippen LogP contribution >= 0.6 is 0 Å². The molecule has 78 valence electrons. The van der Waals surface area contributed by atoms with Crippen LogP contribution in [0.15, 0.2) is 0 Å². The lowest BCUT2D eigenvalue weighted by molar-refractivity contribution is -0.123. The molecule has 0 spiro atoms. The largest absolute Gasteiger partial charge is 0.392 e. The van der Waals surface area contributed by atoms with Crippen LogP contribution < -0.4 is 11.1 Å². The molecule has 0 fully saturated rings. The molecule has 5 nitrogen and oxygen atoms in total. The third-order valence-electron chi connectivity index (χ3n) is 1.54. The van der Waals surface area contributed by atoms with Gasteiger partial charge in [0.2, 0.25) is 5.91 Å². The zero-order valence-corrected chi connectivity index (χ0v) is 8.12. The molecule has 0 bridgehead atoms. The maximum Gasteiger partial charge on any atom is 0.237 e. The fourth-order valence-electron chi connectivity index (χ4n) is 0.755. The van der Waals surface area contributed by atoms with Gasteiger partial charge in [0.05, 0.1) is 12.1 Å². The predicted octanol–water partition coefficient (Wildman–Crippen LogP) is -1.15. The summed E-state index contributed by atoms with van der Waals surface area (Å²) in [6.45, 7) is 2.30. The molecule has 0 aromatic carbocycles. The van der Waals surface area contributed by atoms with Crippen molar-refractivity contribution in [1.82, 2.24) is 5.32 Å². The van der Waals surface area contributed by atoms with E-state index < -0.39 is 12.1 Å². The summed E-state index contributed by atoms with van der Waals surface area (Å²) in [6.07, 6.45) is -0.0547. The van der Waals surface area contributed by atoms with Crippen LogP contribution in [0.25, 0.3) is 0 Å².